The summed E-state index contributed by atoms with van der Waals surface area (Å²) in [6, 6.07) is 5.88. The number of ether oxygens (including phenoxy) is 2. The summed E-state index contributed by atoms with van der Waals surface area (Å²) in [6.07, 6.45) is 3.41. The molecule has 6 nitrogen and oxygen atoms in total. The van der Waals surface area contributed by atoms with E-state index in [4.69, 9.17) is 9.47 Å². The molecule has 3 unspecified atom stereocenters. The first-order valence-corrected chi connectivity index (χ1v) is 8.00. The second-order valence-corrected chi connectivity index (χ2v) is 6.18. The van der Waals surface area contributed by atoms with Crippen LogP contribution in [-0.2, 0) is 0 Å². The van der Waals surface area contributed by atoms with E-state index in [9.17, 15) is 4.79 Å². The Morgan fingerprint density at radius 3 is 2.95 bits per heavy atom. The maximum absolute atomic E-state index is 12.5. The molecular formula is C16H21N3O3. The molecule has 3 atom stereocenters. The molecule has 2 heterocycles. The molecule has 1 amide bonds. The van der Waals surface area contributed by atoms with Crippen LogP contribution in [0.3, 0.4) is 0 Å². The predicted octanol–water partition coefficient (Wildman–Crippen LogP) is 0.833. The van der Waals surface area contributed by atoms with Gasteiger partial charge < -0.3 is 14.8 Å². The molecule has 2 aliphatic heterocycles. The summed E-state index contributed by atoms with van der Waals surface area (Å²) in [5.74, 6) is 1.93. The second-order valence-electron chi connectivity index (χ2n) is 6.18. The van der Waals surface area contributed by atoms with Crippen LogP contribution in [0.15, 0.2) is 18.2 Å². The fourth-order valence-electron chi connectivity index (χ4n) is 3.64. The molecule has 3 aliphatic rings. The number of carbonyl (C=O) groups is 1. The Labute approximate surface area is 129 Å². The van der Waals surface area contributed by atoms with Gasteiger partial charge >= 0.3 is 0 Å². The van der Waals surface area contributed by atoms with E-state index in [1.54, 1.807) is 12.1 Å². The van der Waals surface area contributed by atoms with Crippen LogP contribution in [-0.4, -0.2) is 37.7 Å². The van der Waals surface area contributed by atoms with E-state index in [0.29, 0.717) is 42.2 Å². The van der Waals surface area contributed by atoms with Crippen molar-refractivity contribution < 1.29 is 14.3 Å². The van der Waals surface area contributed by atoms with Gasteiger partial charge in [-0.2, -0.15) is 0 Å². The van der Waals surface area contributed by atoms with Gasteiger partial charge in [0.2, 0.25) is 0 Å². The Bertz CT molecular complexity index is 578. The zero-order valence-corrected chi connectivity index (χ0v) is 12.4. The number of hydrogen-bond acceptors (Lipinski definition) is 5. The number of amides is 1. The molecule has 4 rings (SSSR count). The van der Waals surface area contributed by atoms with Crippen molar-refractivity contribution in [2.24, 2.45) is 5.92 Å². The summed E-state index contributed by atoms with van der Waals surface area (Å²) < 4.78 is 11.0. The first-order valence-electron chi connectivity index (χ1n) is 8.00. The van der Waals surface area contributed by atoms with Crippen LogP contribution >= 0.6 is 0 Å². The van der Waals surface area contributed by atoms with Crippen LogP contribution in [0.2, 0.25) is 0 Å². The van der Waals surface area contributed by atoms with E-state index in [2.05, 4.69) is 16.2 Å². The molecule has 1 saturated heterocycles. The average Bonchev–Trinajstić information content (AvgIpc) is 3.04. The molecule has 1 saturated carbocycles. The van der Waals surface area contributed by atoms with Gasteiger partial charge in [0.15, 0.2) is 11.5 Å². The molecule has 1 aromatic rings. The third-order valence-corrected chi connectivity index (χ3v) is 4.79. The molecule has 0 spiro atoms. The van der Waals surface area contributed by atoms with Gasteiger partial charge in [-0.05, 0) is 37.0 Å². The standard InChI is InChI=1S/C16H21N3O3/c20-16(10-4-5-13-14(8-10)22-7-6-21-13)18-12-3-1-2-11-9-17-19-15(11)12/h4-5,8,11-12,15,17,19H,1-3,6-7,9H2,(H,18,20). The molecule has 1 aliphatic carbocycles. The van der Waals surface area contributed by atoms with Gasteiger partial charge in [0, 0.05) is 24.2 Å². The summed E-state index contributed by atoms with van der Waals surface area (Å²) in [6.45, 7) is 2.07. The van der Waals surface area contributed by atoms with Gasteiger partial charge in [0.25, 0.3) is 5.91 Å². The zero-order valence-electron chi connectivity index (χ0n) is 12.4. The lowest BCUT2D eigenvalue weighted by atomic mass is 9.82. The molecule has 6 heteroatoms. The van der Waals surface area contributed by atoms with Gasteiger partial charge in [0.1, 0.15) is 13.2 Å². The minimum absolute atomic E-state index is 0.0451. The summed E-state index contributed by atoms with van der Waals surface area (Å²) in [5.41, 5.74) is 7.14. The van der Waals surface area contributed by atoms with E-state index >= 15 is 0 Å². The fraction of sp³-hybridized carbons (Fsp3) is 0.562. The third-order valence-electron chi connectivity index (χ3n) is 4.79. The average molecular weight is 303 g/mol. The lowest BCUT2D eigenvalue weighted by Crippen LogP contribution is -2.52. The van der Waals surface area contributed by atoms with Gasteiger partial charge in [-0.1, -0.05) is 6.42 Å². The smallest absolute Gasteiger partial charge is 0.251 e. The van der Waals surface area contributed by atoms with Crippen molar-refractivity contribution in [2.45, 2.75) is 31.3 Å². The van der Waals surface area contributed by atoms with Crippen LogP contribution in [0.4, 0.5) is 0 Å². The monoisotopic (exact) mass is 303 g/mol. The van der Waals surface area contributed by atoms with E-state index in [1.807, 2.05) is 6.07 Å². The Kier molecular flexibility index (Phi) is 3.63. The number of hydrogen-bond donors (Lipinski definition) is 3. The molecule has 22 heavy (non-hydrogen) atoms. The molecule has 3 N–H and O–H groups in total. The molecule has 0 bridgehead atoms. The highest BCUT2D eigenvalue weighted by molar-refractivity contribution is 5.95. The Morgan fingerprint density at radius 1 is 1.18 bits per heavy atom. The number of nitrogens with one attached hydrogen (secondary N) is 3. The Morgan fingerprint density at radius 2 is 2.05 bits per heavy atom. The lowest BCUT2D eigenvalue weighted by Gasteiger charge is -2.33. The third kappa shape index (κ3) is 2.53. The van der Waals surface area contributed by atoms with Crippen LogP contribution in [0, 0.1) is 5.92 Å². The largest absolute Gasteiger partial charge is 0.486 e. The van der Waals surface area contributed by atoms with Gasteiger partial charge in [-0.3, -0.25) is 15.6 Å². The van der Waals surface area contributed by atoms with Crippen molar-refractivity contribution in [2.75, 3.05) is 19.8 Å². The second kappa shape index (κ2) is 5.78. The van der Waals surface area contributed by atoms with E-state index < -0.39 is 0 Å². The van der Waals surface area contributed by atoms with Crippen molar-refractivity contribution in [1.82, 2.24) is 16.2 Å². The molecule has 118 valence electrons. The Hall–Kier alpha value is -1.79. The molecule has 0 radical (unpaired) electrons. The molecule has 1 aromatic carbocycles. The van der Waals surface area contributed by atoms with E-state index in [-0.39, 0.29) is 11.9 Å². The highest BCUT2D eigenvalue weighted by atomic mass is 16.6. The molecule has 0 aromatic heterocycles. The number of hydrazine groups is 1. The number of benzene rings is 1. The first-order chi connectivity index (χ1) is 10.8. The SMILES string of the molecule is O=C(NC1CCCC2CNNC21)c1ccc2c(c1)OCCO2. The zero-order chi connectivity index (χ0) is 14.9. The summed E-state index contributed by atoms with van der Waals surface area (Å²) in [4.78, 5) is 12.5. The highest BCUT2D eigenvalue weighted by Crippen LogP contribution is 2.31. The number of fused-ring (bicyclic) bond motifs is 2. The van der Waals surface area contributed by atoms with Crippen molar-refractivity contribution in [1.29, 1.82) is 0 Å². The van der Waals surface area contributed by atoms with Gasteiger partial charge in [-0.25, -0.2) is 0 Å². The van der Waals surface area contributed by atoms with Crippen molar-refractivity contribution in [3.05, 3.63) is 23.8 Å². The number of rotatable bonds is 2. The van der Waals surface area contributed by atoms with E-state index in [0.717, 1.165) is 19.4 Å². The van der Waals surface area contributed by atoms with E-state index in [1.165, 1.54) is 6.42 Å². The normalized spacial score (nSPS) is 29.7. The van der Waals surface area contributed by atoms with Crippen LogP contribution in [0.1, 0.15) is 29.6 Å². The molecule has 2 fully saturated rings. The quantitative estimate of drug-likeness (QED) is 0.755. The van der Waals surface area contributed by atoms with Gasteiger partial charge in [-0.15, -0.1) is 0 Å². The Balaban J connectivity index is 1.47. The highest BCUT2D eigenvalue weighted by Gasteiger charge is 2.37. The fourth-order valence-corrected chi connectivity index (χ4v) is 3.64. The maximum atomic E-state index is 12.5. The van der Waals surface area contributed by atoms with Gasteiger partial charge in [0.05, 0.1) is 0 Å². The topological polar surface area (TPSA) is 71.6 Å². The van der Waals surface area contributed by atoms with Crippen LogP contribution < -0.4 is 25.6 Å². The predicted molar refractivity (Wildman–Crippen MR) is 81.0 cm³/mol. The van der Waals surface area contributed by atoms with Crippen LogP contribution in [0.25, 0.3) is 0 Å². The molecular weight excluding hydrogens is 282 g/mol. The summed E-state index contributed by atoms with van der Waals surface area (Å²) >= 11 is 0. The minimum Gasteiger partial charge on any atom is -0.486 e. The minimum atomic E-state index is -0.0451. The van der Waals surface area contributed by atoms with Crippen molar-refractivity contribution in [3.63, 3.8) is 0 Å². The maximum Gasteiger partial charge on any atom is 0.251 e. The van der Waals surface area contributed by atoms with Crippen molar-refractivity contribution in [3.8, 4) is 11.5 Å². The number of carbonyl (C=O) groups excluding carboxylic acids is 1. The van der Waals surface area contributed by atoms with Crippen LogP contribution in [0.5, 0.6) is 11.5 Å². The lowest BCUT2D eigenvalue weighted by molar-refractivity contribution is 0.0908. The first kappa shape index (κ1) is 13.8. The summed E-state index contributed by atoms with van der Waals surface area (Å²) in [5, 5.41) is 3.18. The summed E-state index contributed by atoms with van der Waals surface area (Å²) in [7, 11) is 0. The van der Waals surface area contributed by atoms with Crippen molar-refractivity contribution >= 4 is 5.91 Å².